The van der Waals surface area contributed by atoms with Crippen molar-refractivity contribution in [2.45, 2.75) is 155 Å². The molecule has 8 bridgehead atoms. The highest BCUT2D eigenvalue weighted by molar-refractivity contribution is 5.74. The molecular weight excluding hydrogens is 722 g/mol. The van der Waals surface area contributed by atoms with Crippen molar-refractivity contribution in [1.82, 2.24) is 0 Å². The first kappa shape index (κ1) is 41.6. The molecular formula is C44H66F6O5. The van der Waals surface area contributed by atoms with Crippen molar-refractivity contribution in [2.75, 3.05) is 6.61 Å². The third-order valence-corrected chi connectivity index (χ3v) is 18.8. The third-order valence-electron chi connectivity index (χ3n) is 18.8. The number of hydrogen-bond acceptors (Lipinski definition) is 5. The first-order valence-corrected chi connectivity index (χ1v) is 21.8. The lowest BCUT2D eigenvalue weighted by Crippen LogP contribution is -2.58. The molecule has 1 spiro atoms. The summed E-state index contributed by atoms with van der Waals surface area (Å²) in [5.41, 5.74) is -4.41. The maximum absolute atomic E-state index is 12.9. The van der Waals surface area contributed by atoms with E-state index in [4.69, 9.17) is 9.47 Å². The lowest BCUT2D eigenvalue weighted by Gasteiger charge is -2.39. The number of esters is 2. The van der Waals surface area contributed by atoms with Gasteiger partial charge in [-0.25, -0.2) is 0 Å². The fraction of sp³-hybridized carbons (Fsp3) is 0.955. The minimum atomic E-state index is -5.69. The highest BCUT2D eigenvalue weighted by Crippen LogP contribution is 2.64. The number of ether oxygens (including phenoxy) is 2. The van der Waals surface area contributed by atoms with E-state index >= 15 is 0 Å². The number of aliphatic hydroxyl groups is 1. The van der Waals surface area contributed by atoms with Gasteiger partial charge in [0.15, 0.2) is 0 Å². The van der Waals surface area contributed by atoms with Crippen molar-refractivity contribution in [3.63, 3.8) is 0 Å². The highest BCUT2D eigenvalue weighted by atomic mass is 19.4. The lowest BCUT2D eigenvalue weighted by atomic mass is 9.65. The van der Waals surface area contributed by atoms with Gasteiger partial charge in [-0.05, 0) is 166 Å². The number of carbonyl (C=O) groups is 2. The first-order valence-electron chi connectivity index (χ1n) is 21.8. The quantitative estimate of drug-likeness (QED) is 0.222. The summed E-state index contributed by atoms with van der Waals surface area (Å²) in [4.78, 5) is 24.1. The van der Waals surface area contributed by atoms with Crippen LogP contribution in [0.3, 0.4) is 0 Å². The number of cyclic esters (lactones) is 1. The normalized spacial score (nSPS) is 48.9. The van der Waals surface area contributed by atoms with Gasteiger partial charge in [-0.3, -0.25) is 9.59 Å². The van der Waals surface area contributed by atoms with Crippen LogP contribution in [-0.4, -0.2) is 47.2 Å². The SMILES string of the molecule is CC1C2CC(C1C)C1(COC(=O)C1)C2.CC1C2CC(CC(O)(C(F)(F)F)C(F)(F)F)C(C2)C1C.CCC1(OC(=O)C2CC3CC2C(C)C3C)CC2CCC1C2. The van der Waals surface area contributed by atoms with Crippen LogP contribution in [-0.2, 0) is 19.1 Å². The number of rotatable bonds is 5. The third kappa shape index (κ3) is 6.87. The topological polar surface area (TPSA) is 72.8 Å². The summed E-state index contributed by atoms with van der Waals surface area (Å²) in [6.45, 7) is 16.3. The second kappa shape index (κ2) is 14.3. The van der Waals surface area contributed by atoms with Gasteiger partial charge in [0.05, 0.1) is 18.9 Å². The number of carbonyl (C=O) groups excluding carboxylic acids is 2. The maximum atomic E-state index is 12.9. The molecule has 9 rings (SSSR count). The fourth-order valence-corrected chi connectivity index (χ4v) is 14.9. The summed E-state index contributed by atoms with van der Waals surface area (Å²) in [6, 6.07) is 0. The molecule has 1 saturated heterocycles. The summed E-state index contributed by atoms with van der Waals surface area (Å²) in [6.07, 6.45) is 0.175. The van der Waals surface area contributed by atoms with Gasteiger partial charge in [-0.1, -0.05) is 48.5 Å². The van der Waals surface area contributed by atoms with Crippen molar-refractivity contribution >= 4 is 11.9 Å². The van der Waals surface area contributed by atoms with E-state index in [-0.39, 0.29) is 46.6 Å². The van der Waals surface area contributed by atoms with Crippen molar-refractivity contribution in [3.05, 3.63) is 0 Å². The second-order valence-corrected chi connectivity index (χ2v) is 20.8. The van der Waals surface area contributed by atoms with E-state index in [1.165, 1.54) is 38.5 Å². The molecule has 9 fully saturated rings. The molecule has 0 aromatic rings. The molecule has 18 unspecified atom stereocenters. The van der Waals surface area contributed by atoms with Crippen LogP contribution in [0.2, 0.25) is 0 Å². The van der Waals surface area contributed by atoms with Gasteiger partial charge in [0, 0.05) is 5.41 Å². The van der Waals surface area contributed by atoms with Gasteiger partial charge in [0.25, 0.3) is 5.60 Å². The van der Waals surface area contributed by atoms with Crippen LogP contribution in [0.1, 0.15) is 132 Å². The summed E-state index contributed by atoms with van der Waals surface area (Å²) >= 11 is 0. The van der Waals surface area contributed by atoms with Gasteiger partial charge in [-0.15, -0.1) is 0 Å². The second-order valence-electron chi connectivity index (χ2n) is 20.8. The van der Waals surface area contributed by atoms with Crippen LogP contribution in [0, 0.1) is 100 Å². The van der Waals surface area contributed by atoms with E-state index < -0.39 is 30.3 Å². The smallest absolute Gasteiger partial charge is 0.426 e. The Morgan fingerprint density at radius 2 is 1.36 bits per heavy atom. The van der Waals surface area contributed by atoms with Gasteiger partial charge >= 0.3 is 24.3 Å². The monoisotopic (exact) mass is 788 g/mol. The molecule has 8 saturated carbocycles. The Bertz CT molecular complexity index is 1430. The van der Waals surface area contributed by atoms with Crippen molar-refractivity contribution < 1.29 is 50.5 Å². The molecule has 0 aromatic carbocycles. The first-order chi connectivity index (χ1) is 25.5. The molecule has 8 aliphatic carbocycles. The average molecular weight is 789 g/mol. The molecule has 1 heterocycles. The largest absolute Gasteiger partial charge is 0.465 e. The van der Waals surface area contributed by atoms with E-state index in [0.29, 0.717) is 49.5 Å². The lowest BCUT2D eigenvalue weighted by molar-refractivity contribution is -0.373. The van der Waals surface area contributed by atoms with Gasteiger partial charge < -0.3 is 14.6 Å². The summed E-state index contributed by atoms with van der Waals surface area (Å²) in [5.74, 6) is 7.86. The van der Waals surface area contributed by atoms with E-state index in [9.17, 15) is 41.0 Å². The minimum absolute atomic E-state index is 0.0393. The molecule has 1 N–H and O–H groups in total. The van der Waals surface area contributed by atoms with E-state index in [2.05, 4.69) is 34.6 Å². The Hall–Kier alpha value is -1.52. The highest BCUT2D eigenvalue weighted by Gasteiger charge is 2.71. The van der Waals surface area contributed by atoms with E-state index in [1.54, 1.807) is 0 Å². The van der Waals surface area contributed by atoms with Crippen LogP contribution < -0.4 is 0 Å². The summed E-state index contributed by atoms with van der Waals surface area (Å²) in [5, 5.41) is 9.28. The van der Waals surface area contributed by atoms with Gasteiger partial charge in [0.1, 0.15) is 5.60 Å². The molecule has 0 aromatic heterocycles. The summed E-state index contributed by atoms with van der Waals surface area (Å²) in [7, 11) is 0. The number of halogens is 6. The number of fused-ring (bicyclic) bond motifs is 9. The summed E-state index contributed by atoms with van der Waals surface area (Å²) < 4.78 is 87.6. The molecule has 55 heavy (non-hydrogen) atoms. The Balaban J connectivity index is 0.000000129. The van der Waals surface area contributed by atoms with Gasteiger partial charge in [-0.2, -0.15) is 26.3 Å². The van der Waals surface area contributed by atoms with Crippen LogP contribution in [0.15, 0.2) is 0 Å². The van der Waals surface area contributed by atoms with Crippen LogP contribution in [0.25, 0.3) is 0 Å². The zero-order valence-corrected chi connectivity index (χ0v) is 34.0. The van der Waals surface area contributed by atoms with Gasteiger partial charge in [0.2, 0.25) is 0 Å². The van der Waals surface area contributed by atoms with Crippen LogP contribution in [0.5, 0.6) is 0 Å². The molecule has 314 valence electrons. The van der Waals surface area contributed by atoms with E-state index in [0.717, 1.165) is 60.7 Å². The maximum Gasteiger partial charge on any atom is 0.426 e. The number of alkyl halides is 6. The zero-order valence-electron chi connectivity index (χ0n) is 34.0. The molecule has 9 aliphatic rings. The van der Waals surface area contributed by atoms with Crippen molar-refractivity contribution in [1.29, 1.82) is 0 Å². The molecule has 5 nitrogen and oxygen atoms in total. The van der Waals surface area contributed by atoms with Crippen molar-refractivity contribution in [3.8, 4) is 0 Å². The predicted molar refractivity (Wildman–Crippen MR) is 195 cm³/mol. The fourth-order valence-electron chi connectivity index (χ4n) is 14.9. The molecule has 0 amide bonds. The molecule has 1 aliphatic heterocycles. The Morgan fingerprint density at radius 3 is 1.80 bits per heavy atom. The van der Waals surface area contributed by atoms with E-state index in [1.807, 2.05) is 13.8 Å². The number of hydrogen-bond donors (Lipinski definition) is 1. The van der Waals surface area contributed by atoms with Crippen LogP contribution >= 0.6 is 0 Å². The Labute approximate surface area is 324 Å². The average Bonchev–Trinajstić information content (AvgIpc) is 3.98. The standard InChI is InChI=1S/C19H30O2.C13H18F6O.C12H18O2/c1-4-19(10-13-5-6-15(19)7-13)21-18(20)17-9-14-8-16(17)12(3)11(14)2;1-6-7(2)10-4-8(6)3-9(10)5-11(20,12(14,15)16)13(17,18)19;1-7-8(2)10-3-9(7)4-12(10)5-11(13)14-6-12/h11-17H,4-10H2,1-3H3;6-10,20H,3-5H2,1-2H3;7-10H,3-6H2,1-2H3. The minimum Gasteiger partial charge on any atom is -0.465 e. The van der Waals surface area contributed by atoms with Crippen molar-refractivity contribution in [2.24, 2.45) is 100 Å². The molecule has 18 atom stereocenters. The molecule has 11 heteroatoms. The Morgan fingerprint density at radius 1 is 0.764 bits per heavy atom. The predicted octanol–water partition coefficient (Wildman–Crippen LogP) is 10.8. The zero-order chi connectivity index (χ0) is 40.2. The molecule has 0 radical (unpaired) electrons. The Kier molecular flexibility index (Phi) is 10.9. The van der Waals surface area contributed by atoms with Crippen LogP contribution in [0.4, 0.5) is 26.3 Å².